The second-order valence-electron chi connectivity index (χ2n) is 2.76. The molecule has 0 saturated carbocycles. The predicted octanol–water partition coefficient (Wildman–Crippen LogP) is 1.16. The van der Waals surface area contributed by atoms with Gasteiger partial charge in [-0.15, -0.1) is 0 Å². The van der Waals surface area contributed by atoms with Crippen LogP contribution in [0.3, 0.4) is 0 Å². The molecule has 3 N–H and O–H groups in total. The average Bonchev–Trinajstić information content (AvgIpc) is 2.16. The van der Waals surface area contributed by atoms with Crippen LogP contribution in [0, 0.1) is 0 Å². The molecule has 1 aromatic carbocycles. The van der Waals surface area contributed by atoms with Crippen LogP contribution in [0.15, 0.2) is 24.3 Å². The van der Waals surface area contributed by atoms with E-state index in [4.69, 9.17) is 10.9 Å². The molecule has 0 aliphatic carbocycles. The number of carbonyl (C=O) groups excluding carboxylic acids is 2. The monoisotopic (exact) mass is 194 g/mol. The van der Waals surface area contributed by atoms with Crippen molar-refractivity contribution in [2.24, 2.45) is 5.73 Å². The number of Topliss-reactive ketones (excluding diaryl/α,β-unsaturated/α-hetero) is 1. The maximum Gasteiger partial charge on any atom is 0.343 e. The molecule has 0 aliphatic heterocycles. The number of nitrogens with zero attached hydrogens (tertiary/aromatic N) is 1. The van der Waals surface area contributed by atoms with Crippen LogP contribution in [-0.4, -0.2) is 17.0 Å². The first-order valence-corrected chi connectivity index (χ1v) is 3.92. The average molecular weight is 194 g/mol. The number of hydrogen-bond acceptors (Lipinski definition) is 3. The van der Waals surface area contributed by atoms with Gasteiger partial charge in [-0.1, -0.05) is 12.1 Å². The van der Waals surface area contributed by atoms with Crippen molar-refractivity contribution < 1.29 is 14.8 Å². The summed E-state index contributed by atoms with van der Waals surface area (Å²) in [5.41, 5.74) is 5.42. The van der Waals surface area contributed by atoms with E-state index < -0.39 is 6.03 Å². The van der Waals surface area contributed by atoms with Crippen LogP contribution >= 0.6 is 0 Å². The summed E-state index contributed by atoms with van der Waals surface area (Å²) < 4.78 is 0. The number of hydroxylamine groups is 1. The van der Waals surface area contributed by atoms with E-state index in [1.807, 2.05) is 0 Å². The van der Waals surface area contributed by atoms with E-state index in [0.29, 0.717) is 5.56 Å². The number of rotatable bonds is 2. The Morgan fingerprint density at radius 2 is 2.07 bits per heavy atom. The molecule has 0 bridgehead atoms. The van der Waals surface area contributed by atoms with Gasteiger partial charge in [-0.25, -0.2) is 4.79 Å². The molecule has 0 aromatic heterocycles. The molecule has 0 radical (unpaired) electrons. The minimum atomic E-state index is -0.995. The van der Waals surface area contributed by atoms with E-state index in [-0.39, 0.29) is 16.5 Å². The van der Waals surface area contributed by atoms with Crippen molar-refractivity contribution in [2.75, 3.05) is 5.06 Å². The summed E-state index contributed by atoms with van der Waals surface area (Å²) in [4.78, 5) is 21.6. The number of ketones is 1. The Balaban J connectivity index is 3.05. The summed E-state index contributed by atoms with van der Waals surface area (Å²) in [7, 11) is 0. The largest absolute Gasteiger partial charge is 0.349 e. The van der Waals surface area contributed by atoms with Gasteiger partial charge in [0.15, 0.2) is 5.78 Å². The van der Waals surface area contributed by atoms with Gasteiger partial charge in [0, 0.05) is 5.56 Å². The summed E-state index contributed by atoms with van der Waals surface area (Å²) in [5.74, 6) is -0.148. The van der Waals surface area contributed by atoms with Gasteiger partial charge in [-0.05, 0) is 19.1 Å². The third-order valence-electron chi connectivity index (χ3n) is 1.71. The Kier molecular flexibility index (Phi) is 2.83. The lowest BCUT2D eigenvalue weighted by Crippen LogP contribution is -2.32. The van der Waals surface area contributed by atoms with Crippen molar-refractivity contribution in [3.05, 3.63) is 29.8 Å². The van der Waals surface area contributed by atoms with Crippen molar-refractivity contribution in [3.63, 3.8) is 0 Å². The van der Waals surface area contributed by atoms with E-state index in [2.05, 4.69) is 0 Å². The normalized spacial score (nSPS) is 9.57. The van der Waals surface area contributed by atoms with E-state index in [9.17, 15) is 9.59 Å². The number of carbonyl (C=O) groups is 2. The lowest BCUT2D eigenvalue weighted by atomic mass is 10.1. The number of anilines is 1. The minimum Gasteiger partial charge on any atom is -0.349 e. The van der Waals surface area contributed by atoms with Gasteiger partial charge in [0.05, 0.1) is 5.69 Å². The number of urea groups is 1. The SMILES string of the molecule is CC(=O)c1cccc(N(O)C(N)=O)c1. The molecule has 5 nitrogen and oxygen atoms in total. The van der Waals surface area contributed by atoms with E-state index >= 15 is 0 Å². The predicted molar refractivity (Wildman–Crippen MR) is 50.3 cm³/mol. The molecule has 0 unspecified atom stereocenters. The Morgan fingerprint density at radius 3 is 2.57 bits per heavy atom. The van der Waals surface area contributed by atoms with Gasteiger partial charge in [0.2, 0.25) is 0 Å². The lowest BCUT2D eigenvalue weighted by Gasteiger charge is -2.11. The van der Waals surface area contributed by atoms with E-state index in [0.717, 1.165) is 0 Å². The van der Waals surface area contributed by atoms with Gasteiger partial charge in [-0.3, -0.25) is 10.0 Å². The lowest BCUT2D eigenvalue weighted by molar-refractivity contribution is 0.101. The number of amides is 2. The quantitative estimate of drug-likeness (QED) is 0.421. The summed E-state index contributed by atoms with van der Waals surface area (Å²) in [6, 6.07) is 4.99. The molecular weight excluding hydrogens is 184 g/mol. The van der Waals surface area contributed by atoms with Crippen LogP contribution in [0.5, 0.6) is 0 Å². The smallest absolute Gasteiger partial charge is 0.343 e. The summed E-state index contributed by atoms with van der Waals surface area (Å²) in [5, 5.41) is 9.44. The number of nitrogens with two attached hydrogens (primary N) is 1. The minimum absolute atomic E-state index is 0.148. The summed E-state index contributed by atoms with van der Waals surface area (Å²) >= 11 is 0. The van der Waals surface area contributed by atoms with Gasteiger partial charge in [0.1, 0.15) is 0 Å². The molecule has 0 fully saturated rings. The molecule has 0 atom stereocenters. The highest BCUT2D eigenvalue weighted by Crippen LogP contribution is 2.14. The molecule has 0 saturated heterocycles. The van der Waals surface area contributed by atoms with Crippen LogP contribution in [0.4, 0.5) is 10.5 Å². The Hall–Kier alpha value is -1.88. The molecule has 74 valence electrons. The fraction of sp³-hybridized carbons (Fsp3) is 0.111. The van der Waals surface area contributed by atoms with Crippen molar-refractivity contribution in [2.45, 2.75) is 6.92 Å². The number of hydrogen-bond donors (Lipinski definition) is 2. The molecule has 0 aliphatic rings. The zero-order valence-corrected chi connectivity index (χ0v) is 7.60. The second kappa shape index (κ2) is 3.89. The summed E-state index contributed by atoms with van der Waals surface area (Å²) in [6.45, 7) is 1.39. The molecule has 1 aromatic rings. The zero-order chi connectivity index (χ0) is 10.7. The Morgan fingerprint density at radius 1 is 1.43 bits per heavy atom. The van der Waals surface area contributed by atoms with E-state index in [1.54, 1.807) is 12.1 Å². The molecule has 5 heteroatoms. The van der Waals surface area contributed by atoms with Crippen molar-refractivity contribution in [1.29, 1.82) is 0 Å². The van der Waals surface area contributed by atoms with Gasteiger partial charge >= 0.3 is 6.03 Å². The van der Waals surface area contributed by atoms with Crippen LogP contribution in [0.2, 0.25) is 0 Å². The maximum atomic E-state index is 11.0. The highest BCUT2D eigenvalue weighted by molar-refractivity contribution is 5.96. The Bertz CT molecular complexity index is 376. The molecule has 1 rings (SSSR count). The van der Waals surface area contributed by atoms with Gasteiger partial charge < -0.3 is 5.73 Å². The fourth-order valence-corrected chi connectivity index (χ4v) is 0.984. The third kappa shape index (κ3) is 2.08. The second-order valence-corrected chi connectivity index (χ2v) is 2.76. The fourth-order valence-electron chi connectivity index (χ4n) is 0.984. The zero-order valence-electron chi connectivity index (χ0n) is 7.60. The van der Waals surface area contributed by atoms with Crippen molar-refractivity contribution >= 4 is 17.5 Å². The highest BCUT2D eigenvalue weighted by Gasteiger charge is 2.09. The first-order valence-electron chi connectivity index (χ1n) is 3.92. The van der Waals surface area contributed by atoms with Crippen LogP contribution in [0.25, 0.3) is 0 Å². The van der Waals surface area contributed by atoms with Crippen molar-refractivity contribution in [1.82, 2.24) is 0 Å². The third-order valence-corrected chi connectivity index (χ3v) is 1.71. The number of primary amides is 1. The maximum absolute atomic E-state index is 11.0. The first kappa shape index (κ1) is 10.2. The molecule has 0 heterocycles. The summed E-state index contributed by atoms with van der Waals surface area (Å²) in [6.07, 6.45) is 0. The number of benzene rings is 1. The first-order chi connectivity index (χ1) is 6.52. The van der Waals surface area contributed by atoms with Gasteiger partial charge in [-0.2, -0.15) is 5.06 Å². The molecule has 14 heavy (non-hydrogen) atoms. The molecule has 0 spiro atoms. The topological polar surface area (TPSA) is 83.6 Å². The molecule has 2 amide bonds. The van der Waals surface area contributed by atoms with E-state index in [1.165, 1.54) is 19.1 Å². The standard InChI is InChI=1S/C9H10N2O3/c1-6(12)7-3-2-4-8(5-7)11(14)9(10)13/h2-5,14H,1H3,(H2,10,13). The Labute approximate surface area is 80.7 Å². The highest BCUT2D eigenvalue weighted by atomic mass is 16.5. The van der Waals surface area contributed by atoms with Gasteiger partial charge in [0.25, 0.3) is 0 Å². The molecular formula is C9H10N2O3. The van der Waals surface area contributed by atoms with Crippen LogP contribution < -0.4 is 10.8 Å². The van der Waals surface area contributed by atoms with Crippen molar-refractivity contribution in [3.8, 4) is 0 Å². The van der Waals surface area contributed by atoms with Crippen LogP contribution in [0.1, 0.15) is 17.3 Å². The van der Waals surface area contributed by atoms with Crippen LogP contribution in [-0.2, 0) is 0 Å².